The van der Waals surface area contributed by atoms with Gasteiger partial charge in [-0.1, -0.05) is 170 Å². The molecule has 4 amide bonds. The molecule has 10 aromatic carbocycles. The van der Waals surface area contributed by atoms with Crippen LogP contribution in [-0.4, -0.2) is 81.7 Å². The van der Waals surface area contributed by atoms with Crippen molar-refractivity contribution in [3.63, 3.8) is 0 Å². The lowest BCUT2D eigenvalue weighted by molar-refractivity contribution is 0.0984. The summed E-state index contributed by atoms with van der Waals surface area (Å²) >= 11 is 0. The maximum absolute atomic E-state index is 14.4. The summed E-state index contributed by atoms with van der Waals surface area (Å²) in [6, 6.07) is 97.0. The van der Waals surface area contributed by atoms with Crippen LogP contribution >= 0.6 is 0 Å². The molecule has 15 rings (SSSR count). The third-order valence-corrected chi connectivity index (χ3v) is 19.1. The number of carbonyl (C=O) groups excluding carboxylic acids is 4. The molecule has 0 fully saturated rings. The first kappa shape index (κ1) is 67.6. The predicted octanol–water partition coefficient (Wildman–Crippen LogP) is 19.8. The molecule has 510 valence electrons. The molecule has 0 atom stereocenters. The van der Waals surface area contributed by atoms with Gasteiger partial charge in [0.1, 0.15) is 0 Å². The van der Waals surface area contributed by atoms with E-state index in [1.807, 2.05) is 255 Å². The highest BCUT2D eigenvalue weighted by Crippen LogP contribution is 2.41. The van der Waals surface area contributed by atoms with E-state index in [4.69, 9.17) is 9.97 Å². The van der Waals surface area contributed by atoms with Crippen LogP contribution in [0, 0.1) is 0 Å². The van der Waals surface area contributed by atoms with Gasteiger partial charge in [-0.05, 0) is 178 Å². The van der Waals surface area contributed by atoms with Crippen LogP contribution in [0.4, 0.5) is 22.7 Å². The van der Waals surface area contributed by atoms with Crippen LogP contribution in [0.15, 0.2) is 340 Å². The summed E-state index contributed by atoms with van der Waals surface area (Å²) in [6.07, 6.45) is 10.6. The van der Waals surface area contributed by atoms with Crippen molar-refractivity contribution in [3.8, 4) is 112 Å². The standard InChI is InChI=1S/C92H68N10O4/c1-99(89(103)69-41-33-63(34-42-69)83-21-9-13-49-93-83)75-53-73(54-76(57-75)100(2)90(104)70-43-35-64(36-44-70)84-22-10-14-50-94-84)81-19-7-5-17-79(81)61-25-29-67(30-26-61)87-59-98-88(60-97-87)68-31-27-62(28-32-68)80-18-6-8-20-82(80)74-55-77(101(3)91(105)71-45-37-65(38-46-71)85-23-11-15-51-95-85)58-78(56-74)102(4)92(106)72-47-39-66(40-48-72)86-24-12-16-52-96-86/h5-60H,1-4H3. The molecule has 106 heavy (non-hydrogen) atoms. The van der Waals surface area contributed by atoms with Crippen LogP contribution < -0.4 is 19.6 Å². The molecule has 5 aromatic heterocycles. The van der Waals surface area contributed by atoms with Gasteiger partial charge in [0, 0.05) is 131 Å². The third kappa shape index (κ3) is 14.4. The number of pyridine rings is 4. The van der Waals surface area contributed by atoms with Crippen LogP contribution in [0.5, 0.6) is 0 Å². The molecule has 0 aliphatic rings. The van der Waals surface area contributed by atoms with Gasteiger partial charge in [0.15, 0.2) is 0 Å². The van der Waals surface area contributed by atoms with Crippen LogP contribution in [0.2, 0.25) is 0 Å². The predicted molar refractivity (Wildman–Crippen MR) is 424 cm³/mol. The van der Waals surface area contributed by atoms with Gasteiger partial charge in [-0.2, -0.15) is 0 Å². The average Bonchev–Trinajstić information content (AvgIpc) is 0.786. The number of nitrogens with zero attached hydrogens (tertiary/aromatic N) is 10. The monoisotopic (exact) mass is 1380 g/mol. The van der Waals surface area contributed by atoms with Gasteiger partial charge in [0.25, 0.3) is 23.6 Å². The second kappa shape index (κ2) is 30.1. The normalized spacial score (nSPS) is 11.0. The highest BCUT2D eigenvalue weighted by molar-refractivity contribution is 6.11. The molecule has 0 unspecified atom stereocenters. The first-order valence-electron chi connectivity index (χ1n) is 34.6. The molecule has 14 nitrogen and oxygen atoms in total. The van der Waals surface area contributed by atoms with E-state index in [2.05, 4.69) is 68.5 Å². The summed E-state index contributed by atoms with van der Waals surface area (Å²) in [4.78, 5) is 92.1. The zero-order valence-corrected chi connectivity index (χ0v) is 58.4. The summed E-state index contributed by atoms with van der Waals surface area (Å²) in [5.74, 6) is -0.879. The summed E-state index contributed by atoms with van der Waals surface area (Å²) in [5.41, 5.74) is 21.5. The Bertz CT molecular complexity index is 5090. The second-order valence-corrected chi connectivity index (χ2v) is 25.6. The summed E-state index contributed by atoms with van der Waals surface area (Å²) in [5, 5.41) is 0. The lowest BCUT2D eigenvalue weighted by atomic mass is 9.93. The molecule has 0 spiro atoms. The topological polar surface area (TPSA) is 159 Å². The number of anilines is 4. The summed E-state index contributed by atoms with van der Waals surface area (Å²) in [6.45, 7) is 0. The highest BCUT2D eigenvalue weighted by atomic mass is 16.2. The maximum atomic E-state index is 14.4. The van der Waals surface area contributed by atoms with Gasteiger partial charge < -0.3 is 19.6 Å². The molecule has 0 N–H and O–H groups in total. The van der Waals surface area contributed by atoms with E-state index in [1.54, 1.807) is 85.0 Å². The zero-order valence-electron chi connectivity index (χ0n) is 58.4. The smallest absolute Gasteiger partial charge is 0.258 e. The Morgan fingerprint density at radius 1 is 0.208 bits per heavy atom. The van der Waals surface area contributed by atoms with Crippen LogP contribution in [-0.2, 0) is 0 Å². The number of amides is 4. The average molecular weight is 1380 g/mol. The Balaban J connectivity index is 0.687. The van der Waals surface area contributed by atoms with Gasteiger partial charge in [0.2, 0.25) is 0 Å². The van der Waals surface area contributed by atoms with Gasteiger partial charge in [0.05, 0.1) is 46.6 Å². The van der Waals surface area contributed by atoms with Gasteiger partial charge in [-0.3, -0.25) is 49.1 Å². The highest BCUT2D eigenvalue weighted by Gasteiger charge is 2.24. The molecule has 0 saturated carbocycles. The fourth-order valence-corrected chi connectivity index (χ4v) is 13.0. The molecule has 14 heteroatoms. The summed E-state index contributed by atoms with van der Waals surface area (Å²) < 4.78 is 0. The van der Waals surface area contributed by atoms with Gasteiger partial charge in [-0.25, -0.2) is 0 Å². The van der Waals surface area contributed by atoms with E-state index in [-0.39, 0.29) is 23.6 Å². The molecule has 0 saturated heterocycles. The van der Waals surface area contributed by atoms with E-state index in [0.717, 1.165) is 101 Å². The molecular weight excluding hydrogens is 1310 g/mol. The lowest BCUT2D eigenvalue weighted by Crippen LogP contribution is -2.28. The van der Waals surface area contributed by atoms with Crippen molar-refractivity contribution >= 4 is 46.4 Å². The van der Waals surface area contributed by atoms with E-state index < -0.39 is 0 Å². The van der Waals surface area contributed by atoms with Crippen molar-refractivity contribution in [2.24, 2.45) is 0 Å². The number of aromatic nitrogens is 6. The van der Waals surface area contributed by atoms with E-state index in [9.17, 15) is 19.2 Å². The number of rotatable bonds is 18. The number of carbonyl (C=O) groups is 4. The van der Waals surface area contributed by atoms with Crippen molar-refractivity contribution in [2.75, 3.05) is 47.8 Å². The molecule has 0 aliphatic heterocycles. The molecule has 0 aliphatic carbocycles. The summed E-state index contributed by atoms with van der Waals surface area (Å²) in [7, 11) is 7.01. The largest absolute Gasteiger partial charge is 0.311 e. The number of hydrogen-bond acceptors (Lipinski definition) is 10. The third-order valence-electron chi connectivity index (χ3n) is 19.1. The van der Waals surface area contributed by atoms with Gasteiger partial charge in [-0.15, -0.1) is 0 Å². The van der Waals surface area contributed by atoms with Crippen molar-refractivity contribution in [2.45, 2.75) is 0 Å². The van der Waals surface area contributed by atoms with Crippen LogP contribution in [0.25, 0.3) is 112 Å². The quantitative estimate of drug-likeness (QED) is 0.0809. The number of hydrogen-bond donors (Lipinski definition) is 0. The SMILES string of the molecule is CN(C(=O)c1ccc(-c2ccccn2)cc1)c1cc(-c2ccccc2-c2ccc(-c3cnc(-c4ccc(-c5ccccc5-c5cc(N(C)C(=O)c6ccc(-c7ccccn7)cc6)cc(N(C)C(=O)c6ccc(-c7ccccn7)cc6)c5)cc4)cn3)cc2)cc(N(C)C(=O)c2ccc(-c3ccccn3)cc2)c1. The molecule has 15 aromatic rings. The van der Waals surface area contributed by atoms with Crippen LogP contribution in [0.3, 0.4) is 0 Å². The Labute approximate surface area is 614 Å². The Morgan fingerprint density at radius 3 is 0.642 bits per heavy atom. The van der Waals surface area contributed by atoms with Crippen molar-refractivity contribution in [1.82, 2.24) is 29.9 Å². The van der Waals surface area contributed by atoms with Crippen molar-refractivity contribution in [3.05, 3.63) is 363 Å². The van der Waals surface area contributed by atoms with E-state index >= 15 is 0 Å². The molecular formula is C92H68N10O4. The van der Waals surface area contributed by atoms with Crippen molar-refractivity contribution in [1.29, 1.82) is 0 Å². The maximum Gasteiger partial charge on any atom is 0.258 e. The van der Waals surface area contributed by atoms with Crippen molar-refractivity contribution < 1.29 is 19.2 Å². The first-order chi connectivity index (χ1) is 51.8. The van der Waals surface area contributed by atoms with Gasteiger partial charge >= 0.3 is 0 Å². The fourth-order valence-electron chi connectivity index (χ4n) is 13.0. The Kier molecular flexibility index (Phi) is 19.2. The number of benzene rings is 10. The fraction of sp³-hybridized carbons (Fsp3) is 0.0435. The first-order valence-corrected chi connectivity index (χ1v) is 34.6. The molecule has 5 heterocycles. The van der Waals surface area contributed by atoms with Crippen LogP contribution in [0.1, 0.15) is 41.4 Å². The van der Waals surface area contributed by atoms with E-state index in [1.165, 1.54) is 0 Å². The lowest BCUT2D eigenvalue weighted by Gasteiger charge is -2.24. The Hall–Kier alpha value is -14.2. The molecule has 0 radical (unpaired) electrons. The minimum Gasteiger partial charge on any atom is -0.311 e. The zero-order chi connectivity index (χ0) is 72.6. The minimum absolute atomic E-state index is 0.220. The minimum atomic E-state index is -0.220. The second-order valence-electron chi connectivity index (χ2n) is 25.6. The Morgan fingerprint density at radius 2 is 0.415 bits per heavy atom. The van der Waals surface area contributed by atoms with E-state index in [0.29, 0.717) is 56.4 Å². The molecule has 0 bridgehead atoms.